The highest BCUT2D eigenvalue weighted by Crippen LogP contribution is 2.39. The molecule has 0 amide bonds. The molecule has 3 heteroatoms. The molecule has 0 aliphatic heterocycles. The summed E-state index contributed by atoms with van der Waals surface area (Å²) in [5.74, 6) is 0.456. The van der Waals surface area contributed by atoms with Crippen molar-refractivity contribution in [2.75, 3.05) is 0 Å². The van der Waals surface area contributed by atoms with E-state index in [0.29, 0.717) is 5.75 Å². The van der Waals surface area contributed by atoms with Gasteiger partial charge in [-0.1, -0.05) is 61.3 Å². The van der Waals surface area contributed by atoms with Crippen molar-refractivity contribution >= 4 is 0 Å². The van der Waals surface area contributed by atoms with Gasteiger partial charge < -0.3 is 5.11 Å². The highest BCUT2D eigenvalue weighted by Gasteiger charge is 2.26. The molecule has 27 heavy (non-hydrogen) atoms. The van der Waals surface area contributed by atoms with Crippen LogP contribution >= 0.6 is 0 Å². The third-order valence-electron chi connectivity index (χ3n) is 5.17. The molecule has 0 bridgehead atoms. The van der Waals surface area contributed by atoms with E-state index in [1.54, 1.807) is 0 Å². The number of rotatable bonds is 7. The van der Waals surface area contributed by atoms with Gasteiger partial charge in [-0.3, -0.25) is 0 Å². The lowest BCUT2D eigenvalue weighted by Crippen LogP contribution is -2.32. The van der Waals surface area contributed by atoms with Gasteiger partial charge in [0.1, 0.15) is 24.7 Å². The Morgan fingerprint density at radius 3 is 2.04 bits per heavy atom. The molecular weight excluding hydrogens is 332 g/mol. The highest BCUT2D eigenvalue weighted by atomic mass is 16.3. The van der Waals surface area contributed by atoms with E-state index in [9.17, 15) is 5.11 Å². The zero-order valence-corrected chi connectivity index (χ0v) is 18.5. The smallest absolute Gasteiger partial charge is 0.244 e. The third-order valence-corrected chi connectivity index (χ3v) is 5.17. The largest absolute Gasteiger partial charge is 0.507 e. The van der Waals surface area contributed by atoms with E-state index in [2.05, 4.69) is 88.5 Å². The molecule has 2 aromatic rings. The number of hydrogen-bond donors (Lipinski definition) is 1. The quantitative estimate of drug-likeness (QED) is 0.490. The minimum absolute atomic E-state index is 0.0873. The van der Waals surface area contributed by atoms with Gasteiger partial charge in [0.05, 0.1) is 6.54 Å². The predicted molar refractivity (Wildman–Crippen MR) is 113 cm³/mol. The van der Waals surface area contributed by atoms with Crippen LogP contribution in [0.3, 0.4) is 0 Å². The molecule has 0 fully saturated rings. The molecule has 0 saturated heterocycles. The van der Waals surface area contributed by atoms with Crippen molar-refractivity contribution in [1.82, 2.24) is 4.57 Å². The number of aryl methyl sites for hydroxylation is 1. The first-order valence-corrected chi connectivity index (χ1v) is 10.4. The van der Waals surface area contributed by atoms with Crippen LogP contribution in [0.5, 0.6) is 5.75 Å². The van der Waals surface area contributed by atoms with Crippen LogP contribution in [0.2, 0.25) is 0 Å². The summed E-state index contributed by atoms with van der Waals surface area (Å²) in [4.78, 5) is 0. The van der Waals surface area contributed by atoms with Crippen molar-refractivity contribution in [3.05, 3.63) is 47.5 Å². The second kappa shape index (κ2) is 8.50. The van der Waals surface area contributed by atoms with Gasteiger partial charge in [0.2, 0.25) is 6.33 Å². The van der Waals surface area contributed by atoms with Gasteiger partial charge >= 0.3 is 0 Å². The minimum atomic E-state index is -0.0873. The summed E-state index contributed by atoms with van der Waals surface area (Å²) in [5, 5.41) is 10.9. The maximum atomic E-state index is 10.9. The van der Waals surface area contributed by atoms with E-state index >= 15 is 0 Å². The van der Waals surface area contributed by atoms with Crippen LogP contribution in [-0.2, 0) is 23.9 Å². The SMILES string of the molecule is CCCCCCn1cc[n+](Cc2cc(C(C)(C)C)c(O)c(C(C)(C)C)c2)c1. The van der Waals surface area contributed by atoms with Gasteiger partial charge in [0.15, 0.2) is 0 Å². The van der Waals surface area contributed by atoms with E-state index < -0.39 is 0 Å². The number of phenols is 1. The van der Waals surface area contributed by atoms with E-state index in [0.717, 1.165) is 24.2 Å². The number of benzene rings is 1. The number of hydrogen-bond acceptors (Lipinski definition) is 1. The summed E-state index contributed by atoms with van der Waals surface area (Å²) in [6, 6.07) is 4.35. The molecular formula is C24H39N2O+. The first-order valence-electron chi connectivity index (χ1n) is 10.4. The lowest BCUT2D eigenvalue weighted by molar-refractivity contribution is -0.687. The molecule has 1 heterocycles. The highest BCUT2D eigenvalue weighted by molar-refractivity contribution is 5.49. The number of unbranched alkanes of at least 4 members (excludes halogenated alkanes) is 3. The summed E-state index contributed by atoms with van der Waals surface area (Å²) in [6.45, 7) is 17.2. The molecule has 3 nitrogen and oxygen atoms in total. The van der Waals surface area contributed by atoms with Crippen LogP contribution in [0.4, 0.5) is 0 Å². The molecule has 2 rings (SSSR count). The molecule has 0 aliphatic rings. The standard InChI is InChI=1S/C24H38N2O/c1-8-9-10-11-12-25-13-14-26(18-25)17-19-15-20(23(2,3)4)22(27)21(16-19)24(5,6)7/h13-16,18H,8-12,17H2,1-7H3/p+1. The van der Waals surface area contributed by atoms with Gasteiger partial charge in [-0.25, -0.2) is 9.13 Å². The van der Waals surface area contributed by atoms with E-state index in [4.69, 9.17) is 0 Å². The maximum Gasteiger partial charge on any atom is 0.244 e. The predicted octanol–water partition coefficient (Wildman–Crippen LogP) is 5.70. The average Bonchev–Trinajstić information content (AvgIpc) is 2.98. The first kappa shape index (κ1) is 21.5. The third kappa shape index (κ3) is 5.85. The lowest BCUT2D eigenvalue weighted by atomic mass is 9.78. The molecule has 0 unspecified atom stereocenters. The molecule has 0 atom stereocenters. The number of aromatic nitrogens is 2. The van der Waals surface area contributed by atoms with Crippen molar-refractivity contribution in [3.63, 3.8) is 0 Å². The number of imidazole rings is 1. The van der Waals surface area contributed by atoms with Crippen molar-refractivity contribution < 1.29 is 9.67 Å². The van der Waals surface area contributed by atoms with Crippen molar-refractivity contribution in [2.24, 2.45) is 0 Å². The monoisotopic (exact) mass is 371 g/mol. The Kier molecular flexibility index (Phi) is 6.77. The van der Waals surface area contributed by atoms with E-state index in [-0.39, 0.29) is 10.8 Å². The van der Waals surface area contributed by atoms with Crippen LogP contribution in [-0.4, -0.2) is 9.67 Å². The Morgan fingerprint density at radius 2 is 1.52 bits per heavy atom. The molecule has 150 valence electrons. The van der Waals surface area contributed by atoms with Crippen LogP contribution in [0.25, 0.3) is 0 Å². The Hall–Kier alpha value is -1.77. The summed E-state index contributed by atoms with van der Waals surface area (Å²) >= 11 is 0. The van der Waals surface area contributed by atoms with Crippen LogP contribution in [0.1, 0.15) is 90.8 Å². The fourth-order valence-corrected chi connectivity index (χ4v) is 3.53. The number of nitrogens with zero attached hydrogens (tertiary/aromatic N) is 2. The van der Waals surface area contributed by atoms with Gasteiger partial charge in [-0.15, -0.1) is 0 Å². The van der Waals surface area contributed by atoms with Crippen molar-refractivity contribution in [3.8, 4) is 5.75 Å². The molecule has 1 N–H and O–H groups in total. The molecule has 1 aromatic carbocycles. The second-order valence-corrected chi connectivity index (χ2v) is 9.92. The summed E-state index contributed by atoms with van der Waals surface area (Å²) in [7, 11) is 0. The first-order chi connectivity index (χ1) is 12.5. The molecule has 0 saturated carbocycles. The average molecular weight is 372 g/mol. The summed E-state index contributed by atoms with van der Waals surface area (Å²) in [5.41, 5.74) is 3.14. The van der Waals surface area contributed by atoms with Crippen LogP contribution < -0.4 is 4.57 Å². The maximum absolute atomic E-state index is 10.9. The van der Waals surface area contributed by atoms with Gasteiger partial charge in [-0.05, 0) is 52.5 Å². The Bertz CT molecular complexity index is 709. The minimum Gasteiger partial charge on any atom is -0.507 e. The lowest BCUT2D eigenvalue weighted by Gasteiger charge is -2.28. The van der Waals surface area contributed by atoms with Crippen molar-refractivity contribution in [1.29, 1.82) is 0 Å². The molecule has 0 radical (unpaired) electrons. The number of phenolic OH excluding ortho intramolecular Hbond substituents is 1. The zero-order chi connectivity index (χ0) is 20.2. The Labute approximate surface area is 166 Å². The molecule has 1 aromatic heterocycles. The van der Waals surface area contributed by atoms with Crippen LogP contribution in [0, 0.1) is 0 Å². The van der Waals surface area contributed by atoms with Crippen LogP contribution in [0.15, 0.2) is 30.9 Å². The number of aromatic hydroxyl groups is 1. The van der Waals surface area contributed by atoms with Crippen molar-refractivity contribution in [2.45, 2.75) is 98.1 Å². The summed E-state index contributed by atoms with van der Waals surface area (Å²) in [6.07, 6.45) is 11.7. The Balaban J connectivity index is 2.25. The summed E-state index contributed by atoms with van der Waals surface area (Å²) < 4.78 is 4.52. The van der Waals surface area contributed by atoms with E-state index in [1.807, 2.05) is 0 Å². The van der Waals surface area contributed by atoms with Gasteiger partial charge in [0.25, 0.3) is 0 Å². The fourth-order valence-electron chi connectivity index (χ4n) is 3.53. The molecule has 0 aliphatic carbocycles. The van der Waals surface area contributed by atoms with Gasteiger partial charge in [0, 0.05) is 0 Å². The molecule has 0 spiro atoms. The second-order valence-electron chi connectivity index (χ2n) is 9.92. The zero-order valence-electron chi connectivity index (χ0n) is 18.5. The normalized spacial score (nSPS) is 12.6. The van der Waals surface area contributed by atoms with E-state index in [1.165, 1.54) is 31.2 Å². The topological polar surface area (TPSA) is 29.0 Å². The Morgan fingerprint density at radius 1 is 0.926 bits per heavy atom. The van der Waals surface area contributed by atoms with Gasteiger partial charge in [-0.2, -0.15) is 0 Å². The fraction of sp³-hybridized carbons (Fsp3) is 0.625.